The zero-order valence-electron chi connectivity index (χ0n) is 16.8. The molecule has 146 valence electrons. The number of carbonyl (C=O) groups excluding carboxylic acids is 3. The summed E-state index contributed by atoms with van der Waals surface area (Å²) in [4.78, 5) is 36.8. The molecule has 2 aromatic carbocycles. The van der Waals surface area contributed by atoms with Gasteiger partial charge in [-0.25, -0.2) is 4.79 Å². The molecule has 2 aromatic rings. The Hall–Kier alpha value is -3.21. The van der Waals surface area contributed by atoms with E-state index in [2.05, 4.69) is 5.32 Å². The molecule has 5 heteroatoms. The molecule has 1 N–H and O–H groups in total. The fourth-order valence-electron chi connectivity index (χ4n) is 2.77. The van der Waals surface area contributed by atoms with Crippen molar-refractivity contribution in [3.63, 3.8) is 0 Å². The van der Waals surface area contributed by atoms with Crippen LogP contribution < -0.4 is 5.32 Å². The molecule has 1 atom stereocenters. The van der Waals surface area contributed by atoms with E-state index in [1.165, 1.54) is 19.9 Å². The number of ether oxygens (including phenoxy) is 1. The van der Waals surface area contributed by atoms with E-state index in [1.807, 2.05) is 51.1 Å². The molecule has 0 bridgehead atoms. The number of rotatable bonds is 6. The average Bonchev–Trinajstić information content (AvgIpc) is 2.64. The van der Waals surface area contributed by atoms with Crippen LogP contribution in [0.4, 0.5) is 0 Å². The van der Waals surface area contributed by atoms with Gasteiger partial charge in [-0.1, -0.05) is 36.4 Å². The smallest absolute Gasteiger partial charge is 0.355 e. The highest BCUT2D eigenvalue weighted by molar-refractivity contribution is 6.03. The molecule has 28 heavy (non-hydrogen) atoms. The Balaban J connectivity index is 2.22. The van der Waals surface area contributed by atoms with Gasteiger partial charge in [-0.05, 0) is 62.1 Å². The molecule has 0 heterocycles. The lowest BCUT2D eigenvalue weighted by atomic mass is 9.96. The number of hydrogen-bond donors (Lipinski definition) is 1. The maximum Gasteiger partial charge on any atom is 0.355 e. The molecule has 0 aromatic heterocycles. The van der Waals surface area contributed by atoms with E-state index in [1.54, 1.807) is 12.1 Å². The summed E-state index contributed by atoms with van der Waals surface area (Å²) in [7, 11) is 0. The maximum atomic E-state index is 12.8. The predicted octanol–water partition coefficient (Wildman–Crippen LogP) is 3.90. The number of benzene rings is 2. The standard InChI is InChI=1S/C23H25NO4/c1-14-11-16(3)20(12-15(14)2)22(26)17(4)28-23(27)21(24-18(5)25)13-19-9-7-6-8-10-19/h6-13,17H,1-5H3,(H,24,25)/b21-13-. The summed E-state index contributed by atoms with van der Waals surface area (Å²) >= 11 is 0. The lowest BCUT2D eigenvalue weighted by Gasteiger charge is -2.16. The summed E-state index contributed by atoms with van der Waals surface area (Å²) in [5, 5.41) is 2.48. The van der Waals surface area contributed by atoms with Gasteiger partial charge >= 0.3 is 5.97 Å². The van der Waals surface area contributed by atoms with E-state index in [0.29, 0.717) is 5.56 Å². The summed E-state index contributed by atoms with van der Waals surface area (Å²) in [6, 6.07) is 12.8. The third kappa shape index (κ3) is 5.39. The van der Waals surface area contributed by atoms with Crippen LogP contribution >= 0.6 is 0 Å². The van der Waals surface area contributed by atoms with Gasteiger partial charge in [0.15, 0.2) is 6.10 Å². The van der Waals surface area contributed by atoms with Gasteiger partial charge in [-0.15, -0.1) is 0 Å². The van der Waals surface area contributed by atoms with Crippen molar-refractivity contribution in [3.8, 4) is 0 Å². The van der Waals surface area contributed by atoms with Gasteiger partial charge in [0.25, 0.3) is 0 Å². The second-order valence-electron chi connectivity index (χ2n) is 6.81. The first kappa shape index (κ1) is 21.1. The largest absolute Gasteiger partial charge is 0.450 e. The highest BCUT2D eigenvalue weighted by atomic mass is 16.5. The van der Waals surface area contributed by atoms with Crippen LogP contribution in [-0.4, -0.2) is 23.8 Å². The van der Waals surface area contributed by atoms with Crippen LogP contribution in [0.3, 0.4) is 0 Å². The van der Waals surface area contributed by atoms with Crippen LogP contribution in [0, 0.1) is 20.8 Å². The first-order valence-electron chi connectivity index (χ1n) is 9.06. The fourth-order valence-corrected chi connectivity index (χ4v) is 2.77. The van der Waals surface area contributed by atoms with E-state index in [4.69, 9.17) is 4.74 Å². The number of hydrogen-bond acceptors (Lipinski definition) is 4. The normalized spacial score (nSPS) is 12.2. The van der Waals surface area contributed by atoms with Crippen LogP contribution in [0.2, 0.25) is 0 Å². The highest BCUT2D eigenvalue weighted by Crippen LogP contribution is 2.18. The Kier molecular flexibility index (Phi) is 6.88. The zero-order chi connectivity index (χ0) is 20.8. The molecule has 0 radical (unpaired) electrons. The molecule has 0 saturated heterocycles. The number of amides is 1. The molecule has 0 aliphatic carbocycles. The highest BCUT2D eigenvalue weighted by Gasteiger charge is 2.24. The lowest BCUT2D eigenvalue weighted by Crippen LogP contribution is -2.31. The summed E-state index contributed by atoms with van der Waals surface area (Å²) in [5.41, 5.74) is 4.16. The van der Waals surface area contributed by atoms with Gasteiger partial charge in [-0.2, -0.15) is 0 Å². The average molecular weight is 379 g/mol. The Morgan fingerprint density at radius 1 is 0.964 bits per heavy atom. The van der Waals surface area contributed by atoms with Crippen LogP contribution in [0.15, 0.2) is 48.2 Å². The van der Waals surface area contributed by atoms with Gasteiger partial charge in [0.1, 0.15) is 5.70 Å². The minimum atomic E-state index is -0.985. The molecule has 1 unspecified atom stereocenters. The van der Waals surface area contributed by atoms with Crippen molar-refractivity contribution in [1.29, 1.82) is 0 Å². The first-order valence-corrected chi connectivity index (χ1v) is 9.06. The molecule has 1 amide bonds. The third-order valence-electron chi connectivity index (χ3n) is 4.40. The SMILES string of the molecule is CC(=O)N/C(=C\c1ccccc1)C(=O)OC(C)C(=O)c1cc(C)c(C)cc1C. The Labute approximate surface area is 165 Å². The van der Waals surface area contributed by atoms with E-state index in [9.17, 15) is 14.4 Å². The van der Waals surface area contributed by atoms with E-state index in [-0.39, 0.29) is 11.5 Å². The Bertz CT molecular complexity index is 929. The number of esters is 1. The topological polar surface area (TPSA) is 72.5 Å². The summed E-state index contributed by atoms with van der Waals surface area (Å²) in [6.07, 6.45) is 0.531. The molecule has 0 saturated carbocycles. The second-order valence-corrected chi connectivity index (χ2v) is 6.81. The van der Waals surface area contributed by atoms with Gasteiger partial charge in [0.2, 0.25) is 11.7 Å². The number of ketones is 1. The fraction of sp³-hybridized carbons (Fsp3) is 0.261. The van der Waals surface area contributed by atoms with Crippen molar-refractivity contribution in [2.45, 2.75) is 40.7 Å². The van der Waals surface area contributed by atoms with Gasteiger partial charge < -0.3 is 10.1 Å². The quantitative estimate of drug-likeness (QED) is 0.469. The number of carbonyl (C=O) groups is 3. The number of aryl methyl sites for hydroxylation is 3. The Morgan fingerprint density at radius 2 is 1.57 bits per heavy atom. The molecule has 0 spiro atoms. The van der Waals surface area contributed by atoms with Crippen LogP contribution in [0.25, 0.3) is 6.08 Å². The zero-order valence-corrected chi connectivity index (χ0v) is 16.8. The molecule has 2 rings (SSSR count). The van der Waals surface area contributed by atoms with E-state index < -0.39 is 18.0 Å². The van der Waals surface area contributed by atoms with Gasteiger partial charge in [0, 0.05) is 12.5 Å². The third-order valence-corrected chi connectivity index (χ3v) is 4.40. The summed E-state index contributed by atoms with van der Waals surface area (Å²) in [5.74, 6) is -1.44. The van der Waals surface area contributed by atoms with E-state index >= 15 is 0 Å². The monoisotopic (exact) mass is 379 g/mol. The van der Waals surface area contributed by atoms with Crippen molar-refractivity contribution < 1.29 is 19.1 Å². The minimum Gasteiger partial charge on any atom is -0.450 e. The maximum absolute atomic E-state index is 12.8. The van der Waals surface area contributed by atoms with Crippen molar-refractivity contribution in [3.05, 3.63) is 76.0 Å². The molecule has 0 aliphatic heterocycles. The van der Waals surface area contributed by atoms with Gasteiger partial charge in [0.05, 0.1) is 0 Å². The van der Waals surface area contributed by atoms with E-state index in [0.717, 1.165) is 22.3 Å². The molecule has 0 fully saturated rings. The molecule has 0 aliphatic rings. The van der Waals surface area contributed by atoms with Crippen LogP contribution in [0.1, 0.15) is 46.5 Å². The molecular weight excluding hydrogens is 354 g/mol. The van der Waals surface area contributed by atoms with Gasteiger partial charge in [-0.3, -0.25) is 9.59 Å². The van der Waals surface area contributed by atoms with Crippen molar-refractivity contribution in [2.75, 3.05) is 0 Å². The van der Waals surface area contributed by atoms with Crippen LogP contribution in [-0.2, 0) is 14.3 Å². The van der Waals surface area contributed by atoms with Crippen molar-refractivity contribution in [1.82, 2.24) is 5.32 Å². The number of nitrogens with one attached hydrogen (secondary N) is 1. The minimum absolute atomic E-state index is 0.0184. The summed E-state index contributed by atoms with van der Waals surface area (Å²) < 4.78 is 5.36. The van der Waals surface area contributed by atoms with Crippen molar-refractivity contribution >= 4 is 23.7 Å². The Morgan fingerprint density at radius 3 is 2.18 bits per heavy atom. The predicted molar refractivity (Wildman–Crippen MR) is 109 cm³/mol. The first-order chi connectivity index (χ1) is 13.2. The number of Topliss-reactive ketones (excluding diaryl/α,β-unsaturated/α-hetero) is 1. The van der Waals surface area contributed by atoms with Crippen molar-refractivity contribution in [2.24, 2.45) is 0 Å². The molecule has 5 nitrogen and oxygen atoms in total. The van der Waals surface area contributed by atoms with Crippen LogP contribution in [0.5, 0.6) is 0 Å². The lowest BCUT2D eigenvalue weighted by molar-refractivity contribution is -0.142. The summed E-state index contributed by atoms with van der Waals surface area (Å²) in [6.45, 7) is 8.60. The molecular formula is C23H25NO4. The second kappa shape index (κ2) is 9.13.